The van der Waals surface area contributed by atoms with Crippen molar-refractivity contribution < 1.29 is 18.8 Å². The van der Waals surface area contributed by atoms with E-state index in [-0.39, 0.29) is 18.3 Å². The largest absolute Gasteiger partial charge is 0.494 e. The van der Waals surface area contributed by atoms with Gasteiger partial charge in [0, 0.05) is 45.0 Å². The van der Waals surface area contributed by atoms with Crippen LogP contribution in [-0.4, -0.2) is 77.7 Å². The van der Waals surface area contributed by atoms with E-state index in [0.29, 0.717) is 13.5 Å². The van der Waals surface area contributed by atoms with E-state index in [0.717, 1.165) is 51.7 Å². The number of benzene rings is 2. The molecular weight excluding hydrogens is 703 g/mol. The third kappa shape index (κ3) is 11.6. The Labute approximate surface area is 297 Å². The van der Waals surface area contributed by atoms with Gasteiger partial charge in [0.1, 0.15) is 24.8 Å². The molecule has 1 aliphatic rings. The number of hydrogen-bond acceptors (Lipinski definition) is 8. The molecule has 1 fully saturated rings. The Morgan fingerprint density at radius 2 is 1.06 bits per heavy atom. The average molecular weight is 756 g/mol. The van der Waals surface area contributed by atoms with E-state index in [4.69, 9.17) is 18.8 Å². The van der Waals surface area contributed by atoms with Crippen molar-refractivity contribution in [1.82, 2.24) is 30.0 Å². The monoisotopic (exact) mass is 754 g/mol. The fourth-order valence-electron chi connectivity index (χ4n) is 4.47. The third-order valence-electron chi connectivity index (χ3n) is 8.39. The van der Waals surface area contributed by atoms with E-state index >= 15 is 0 Å². The maximum Gasteiger partial charge on any atom is 0.494 e. The predicted molar refractivity (Wildman–Crippen MR) is 203 cm³/mol. The Morgan fingerprint density at radius 1 is 0.667 bits per heavy atom. The van der Waals surface area contributed by atoms with Crippen molar-refractivity contribution in [2.45, 2.75) is 104 Å². The summed E-state index contributed by atoms with van der Waals surface area (Å²) in [6, 6.07) is 18.5. The molecule has 1 saturated heterocycles. The Hall–Kier alpha value is -2.46. The summed E-state index contributed by atoms with van der Waals surface area (Å²) in [6.07, 6.45) is 3.83. The first kappa shape index (κ1) is 38.3. The third-order valence-corrected chi connectivity index (χ3v) is 12.3. The van der Waals surface area contributed by atoms with Crippen molar-refractivity contribution in [3.63, 3.8) is 0 Å². The van der Waals surface area contributed by atoms with Gasteiger partial charge in [0.25, 0.3) is 0 Å². The second kappa shape index (κ2) is 16.0. The minimum Gasteiger partial charge on any atom is -0.399 e. The van der Waals surface area contributed by atoms with E-state index in [2.05, 4.69) is 104 Å². The Kier molecular flexibility index (Phi) is 12.8. The van der Waals surface area contributed by atoms with Crippen LogP contribution in [0.1, 0.15) is 27.7 Å². The lowest BCUT2D eigenvalue weighted by molar-refractivity contribution is 0.00578. The molecule has 260 valence electrons. The van der Waals surface area contributed by atoms with Gasteiger partial charge in [-0.05, 0) is 57.4 Å². The summed E-state index contributed by atoms with van der Waals surface area (Å²) in [5.74, 6) is 0. The maximum atomic E-state index is 6.11. The minimum absolute atomic E-state index is 0.339. The molecule has 14 heteroatoms. The molecule has 0 saturated carbocycles. The summed E-state index contributed by atoms with van der Waals surface area (Å²) >= 11 is 3.42. The minimum atomic E-state index is -1.07. The molecule has 48 heavy (non-hydrogen) atoms. The van der Waals surface area contributed by atoms with Crippen molar-refractivity contribution >= 4 is 44.7 Å². The van der Waals surface area contributed by atoms with Crippen molar-refractivity contribution in [2.75, 3.05) is 13.2 Å². The van der Waals surface area contributed by atoms with E-state index in [1.807, 2.05) is 60.9 Å². The van der Waals surface area contributed by atoms with Gasteiger partial charge < -0.3 is 18.8 Å². The van der Waals surface area contributed by atoms with Gasteiger partial charge in [0.05, 0.1) is 23.6 Å². The summed E-state index contributed by atoms with van der Waals surface area (Å²) in [5.41, 5.74) is 4.09. The summed E-state index contributed by atoms with van der Waals surface area (Å²) in [4.78, 5) is 0. The highest BCUT2D eigenvalue weighted by molar-refractivity contribution is 9.10. The first-order valence-electron chi connectivity index (χ1n) is 16.6. The molecule has 5 rings (SSSR count). The van der Waals surface area contributed by atoms with Crippen molar-refractivity contribution in [2.24, 2.45) is 0 Å². The summed E-state index contributed by atoms with van der Waals surface area (Å²) in [7, 11) is -2.44. The van der Waals surface area contributed by atoms with E-state index in [1.165, 1.54) is 6.04 Å². The molecule has 2 aromatic heterocycles. The number of nitrogens with zero attached hydrogens (tertiary/aromatic N) is 6. The number of halogens is 1. The quantitative estimate of drug-likeness (QED) is 0.102. The lowest BCUT2D eigenvalue weighted by Crippen LogP contribution is -2.41. The molecule has 3 heterocycles. The van der Waals surface area contributed by atoms with Crippen molar-refractivity contribution in [3.8, 4) is 22.5 Å². The lowest BCUT2D eigenvalue weighted by atomic mass is 9.79. The van der Waals surface area contributed by atoms with Crippen LogP contribution in [-0.2, 0) is 32.2 Å². The standard InChI is InChI=1S/C20H32BN3O3Si.C14H20BrN3OSi/c1-19(2)20(3,4)27-21(26-19)17-10-8-16(9-11-17)18-14-24(23-22-18)15-25-12-13-28(5,6)7;1-20(2,3)9-8-19-11-18-10-14(16-17-18)12-4-6-13(15)7-5-12/h8-11,14H,12-13,15H2,1-7H3;4-7,10H,8-9,11H2,1-3H3. The van der Waals surface area contributed by atoms with Gasteiger partial charge in [-0.3, -0.25) is 0 Å². The molecule has 0 bridgehead atoms. The molecule has 0 aliphatic carbocycles. The van der Waals surface area contributed by atoms with Crippen molar-refractivity contribution in [3.05, 3.63) is 65.4 Å². The van der Waals surface area contributed by atoms with Crippen LogP contribution in [0.2, 0.25) is 51.4 Å². The Balaban J connectivity index is 0.000000229. The number of hydrogen-bond donors (Lipinski definition) is 0. The molecule has 0 spiro atoms. The molecule has 0 amide bonds. The van der Waals surface area contributed by atoms with Crippen LogP contribution >= 0.6 is 15.9 Å². The van der Waals surface area contributed by atoms with Gasteiger partial charge in [0.15, 0.2) is 0 Å². The predicted octanol–water partition coefficient (Wildman–Crippen LogP) is 7.58. The zero-order chi connectivity index (χ0) is 35.2. The van der Waals surface area contributed by atoms with Crippen molar-refractivity contribution in [1.29, 1.82) is 0 Å². The van der Waals surface area contributed by atoms with Gasteiger partial charge >= 0.3 is 7.12 Å². The Bertz CT molecular complexity index is 1570. The molecule has 1 aliphatic heterocycles. The van der Waals surface area contributed by atoms with Gasteiger partial charge in [-0.1, -0.05) is 102 Å². The van der Waals surface area contributed by atoms with E-state index < -0.39 is 16.1 Å². The van der Waals surface area contributed by atoms with Crippen LogP contribution in [0.25, 0.3) is 22.5 Å². The summed E-state index contributed by atoms with van der Waals surface area (Å²) in [5, 5.41) is 16.7. The first-order chi connectivity index (χ1) is 22.4. The zero-order valence-electron chi connectivity index (χ0n) is 30.3. The Morgan fingerprint density at radius 3 is 1.46 bits per heavy atom. The second-order valence-electron chi connectivity index (χ2n) is 15.7. The van der Waals surface area contributed by atoms with Crippen LogP contribution in [0.5, 0.6) is 0 Å². The van der Waals surface area contributed by atoms with Crippen LogP contribution in [0.15, 0.2) is 65.4 Å². The van der Waals surface area contributed by atoms with Crippen LogP contribution in [0, 0.1) is 0 Å². The SMILES string of the molecule is CC1(C)OB(c2ccc(-c3cn(COCC[Si](C)(C)C)nn3)cc2)OC1(C)C.C[Si](C)(C)CCOCn1cc(-c2ccc(Br)cc2)nn1. The molecule has 10 nitrogen and oxygen atoms in total. The smallest absolute Gasteiger partial charge is 0.399 e. The molecule has 0 unspecified atom stereocenters. The highest BCUT2D eigenvalue weighted by Gasteiger charge is 2.51. The van der Waals surface area contributed by atoms with Gasteiger partial charge in [-0.25, -0.2) is 9.36 Å². The van der Waals surface area contributed by atoms with Gasteiger partial charge in [0.2, 0.25) is 0 Å². The van der Waals surface area contributed by atoms with Crippen LogP contribution in [0.3, 0.4) is 0 Å². The summed E-state index contributed by atoms with van der Waals surface area (Å²) in [6.45, 7) is 24.8. The average Bonchev–Trinajstić information content (AvgIpc) is 3.72. The first-order valence-corrected chi connectivity index (χ1v) is 24.8. The number of aromatic nitrogens is 6. The van der Waals surface area contributed by atoms with E-state index in [9.17, 15) is 0 Å². The zero-order valence-corrected chi connectivity index (χ0v) is 33.9. The normalized spacial score (nSPS) is 15.8. The van der Waals surface area contributed by atoms with E-state index in [1.54, 1.807) is 9.36 Å². The fraction of sp³-hybridized carbons (Fsp3) is 0.529. The second-order valence-corrected chi connectivity index (χ2v) is 27.9. The molecule has 0 N–H and O–H groups in total. The van der Waals surface area contributed by atoms with Gasteiger partial charge in [-0.15, -0.1) is 10.2 Å². The molecule has 0 atom stereocenters. The highest BCUT2D eigenvalue weighted by atomic mass is 79.9. The molecule has 2 aromatic carbocycles. The van der Waals surface area contributed by atoms with Crippen LogP contribution in [0.4, 0.5) is 0 Å². The maximum absolute atomic E-state index is 6.11. The lowest BCUT2D eigenvalue weighted by Gasteiger charge is -2.32. The highest BCUT2D eigenvalue weighted by Crippen LogP contribution is 2.36. The molecular formula is C34H52BBrN6O4Si2. The van der Waals surface area contributed by atoms with Gasteiger partial charge in [-0.2, -0.15) is 0 Å². The molecule has 0 radical (unpaired) electrons. The topological polar surface area (TPSA) is 98.3 Å². The number of ether oxygens (including phenoxy) is 2. The summed E-state index contributed by atoms with van der Waals surface area (Å²) < 4.78 is 28.1. The molecule has 4 aromatic rings. The number of rotatable bonds is 13. The van der Waals surface area contributed by atoms with Crippen LogP contribution < -0.4 is 5.46 Å². The fourth-order valence-corrected chi connectivity index (χ4v) is 6.25.